The van der Waals surface area contributed by atoms with Gasteiger partial charge in [0.2, 0.25) is 5.91 Å². The van der Waals surface area contributed by atoms with E-state index in [0.29, 0.717) is 11.3 Å². The number of hydrogen-bond donors (Lipinski definition) is 1. The van der Waals surface area contributed by atoms with Crippen molar-refractivity contribution in [3.05, 3.63) is 90.8 Å². The van der Waals surface area contributed by atoms with Gasteiger partial charge in [-0.1, -0.05) is 113 Å². The van der Waals surface area contributed by atoms with Crippen LogP contribution in [0.15, 0.2) is 79.4 Å². The summed E-state index contributed by atoms with van der Waals surface area (Å²) in [5.74, 6) is 1.32. The maximum Gasteiger partial charge on any atom is 0.247 e. The van der Waals surface area contributed by atoms with E-state index in [1.165, 1.54) is 69.4 Å². The Kier molecular flexibility index (Phi) is 9.71. The predicted molar refractivity (Wildman–Crippen MR) is 154 cm³/mol. The number of hydrogen-bond acceptors (Lipinski definition) is 1. The van der Waals surface area contributed by atoms with E-state index >= 15 is 4.39 Å². The molecular weight excluding hydrogens is 457 g/mol. The summed E-state index contributed by atoms with van der Waals surface area (Å²) >= 11 is 0. The van der Waals surface area contributed by atoms with E-state index < -0.39 is 0 Å². The standard InChI is InChI=1S/C34H40FNO/c1-3-5-6-7-25-8-10-26(11-9-25)12-13-27-14-16-28(17-15-27)30-20-23-32(33(35)24-30)29-18-21-31(22-19-29)36-34(37)4-2/h4,14-26H,2-3,5-13H2,1H3,(H,36,37). The average Bonchev–Trinajstić information content (AvgIpc) is 2.93. The largest absolute Gasteiger partial charge is 0.323 e. The molecule has 3 aromatic rings. The molecule has 1 saturated carbocycles. The lowest BCUT2D eigenvalue weighted by atomic mass is 9.78. The maximum atomic E-state index is 15.0. The second kappa shape index (κ2) is 13.4. The van der Waals surface area contributed by atoms with Crippen LogP contribution in [-0.2, 0) is 11.2 Å². The second-order valence-electron chi connectivity index (χ2n) is 10.6. The highest BCUT2D eigenvalue weighted by atomic mass is 19.1. The molecular formula is C34H40FNO. The number of carbonyl (C=O) groups is 1. The van der Waals surface area contributed by atoms with Gasteiger partial charge in [0.05, 0.1) is 0 Å². The molecule has 1 fully saturated rings. The summed E-state index contributed by atoms with van der Waals surface area (Å²) in [4.78, 5) is 11.5. The Labute approximate surface area is 222 Å². The molecule has 0 spiro atoms. The zero-order valence-electron chi connectivity index (χ0n) is 22.1. The number of unbranched alkanes of at least 4 members (excludes halogenated alkanes) is 2. The SMILES string of the molecule is C=CC(=O)Nc1ccc(-c2ccc(-c3ccc(CCC4CCC(CCCCC)CC4)cc3)cc2F)cc1. The lowest BCUT2D eigenvalue weighted by Crippen LogP contribution is -2.15. The van der Waals surface area contributed by atoms with Crippen molar-refractivity contribution in [2.75, 3.05) is 5.32 Å². The molecule has 37 heavy (non-hydrogen) atoms. The van der Waals surface area contributed by atoms with Crippen LogP contribution in [0.4, 0.5) is 10.1 Å². The van der Waals surface area contributed by atoms with Crippen LogP contribution in [0.1, 0.15) is 70.3 Å². The zero-order chi connectivity index (χ0) is 26.0. The molecule has 0 aliphatic heterocycles. The van der Waals surface area contributed by atoms with Gasteiger partial charge in [-0.3, -0.25) is 4.79 Å². The normalized spacial score (nSPS) is 17.4. The van der Waals surface area contributed by atoms with Gasteiger partial charge in [-0.15, -0.1) is 0 Å². The third kappa shape index (κ3) is 7.64. The number of rotatable bonds is 11. The fourth-order valence-electron chi connectivity index (χ4n) is 5.58. The third-order valence-corrected chi connectivity index (χ3v) is 7.93. The van der Waals surface area contributed by atoms with Gasteiger partial charge in [0.1, 0.15) is 5.82 Å². The van der Waals surface area contributed by atoms with Gasteiger partial charge in [-0.05, 0) is 71.2 Å². The van der Waals surface area contributed by atoms with Gasteiger partial charge in [-0.2, -0.15) is 0 Å². The van der Waals surface area contributed by atoms with Crippen LogP contribution in [-0.4, -0.2) is 5.91 Å². The van der Waals surface area contributed by atoms with Crippen LogP contribution in [0.3, 0.4) is 0 Å². The van der Waals surface area contributed by atoms with Gasteiger partial charge in [-0.25, -0.2) is 4.39 Å². The van der Waals surface area contributed by atoms with Gasteiger partial charge in [0.25, 0.3) is 0 Å². The molecule has 1 amide bonds. The van der Waals surface area contributed by atoms with Gasteiger partial charge in [0, 0.05) is 11.3 Å². The summed E-state index contributed by atoms with van der Waals surface area (Å²) < 4.78 is 15.0. The van der Waals surface area contributed by atoms with E-state index in [2.05, 4.69) is 43.1 Å². The number of benzene rings is 3. The Balaban J connectivity index is 1.30. The van der Waals surface area contributed by atoms with E-state index in [1.54, 1.807) is 18.2 Å². The summed E-state index contributed by atoms with van der Waals surface area (Å²) in [5.41, 5.74) is 5.25. The van der Waals surface area contributed by atoms with Crippen LogP contribution >= 0.6 is 0 Å². The van der Waals surface area contributed by atoms with Crippen LogP contribution < -0.4 is 5.32 Å². The molecule has 1 N–H and O–H groups in total. The second-order valence-corrected chi connectivity index (χ2v) is 10.6. The Morgan fingerprint density at radius 2 is 1.49 bits per heavy atom. The van der Waals surface area contributed by atoms with E-state index in [0.717, 1.165) is 34.9 Å². The van der Waals surface area contributed by atoms with Crippen LogP contribution in [0, 0.1) is 17.7 Å². The zero-order valence-corrected chi connectivity index (χ0v) is 22.1. The molecule has 0 atom stereocenters. The molecule has 0 unspecified atom stereocenters. The Bertz CT molecular complexity index is 1160. The van der Waals surface area contributed by atoms with E-state index in [4.69, 9.17) is 0 Å². The van der Waals surface area contributed by atoms with Crippen molar-refractivity contribution in [2.45, 2.75) is 71.1 Å². The van der Waals surface area contributed by atoms with Crippen molar-refractivity contribution < 1.29 is 9.18 Å². The van der Waals surface area contributed by atoms with Gasteiger partial charge < -0.3 is 5.32 Å². The lowest BCUT2D eigenvalue weighted by molar-refractivity contribution is -0.111. The summed E-state index contributed by atoms with van der Waals surface area (Å²) in [6.45, 7) is 5.74. The molecule has 1 aliphatic rings. The summed E-state index contributed by atoms with van der Waals surface area (Å²) in [6.07, 6.45) is 14.8. The topological polar surface area (TPSA) is 29.1 Å². The molecule has 0 heterocycles. The Morgan fingerprint density at radius 1 is 0.865 bits per heavy atom. The number of anilines is 1. The van der Waals surface area contributed by atoms with Crippen LogP contribution in [0.2, 0.25) is 0 Å². The minimum atomic E-state index is -0.269. The monoisotopic (exact) mass is 497 g/mol. The molecule has 0 aromatic heterocycles. The summed E-state index contributed by atoms with van der Waals surface area (Å²) in [7, 11) is 0. The van der Waals surface area contributed by atoms with Crippen molar-refractivity contribution in [2.24, 2.45) is 11.8 Å². The van der Waals surface area contributed by atoms with E-state index in [-0.39, 0.29) is 11.7 Å². The highest BCUT2D eigenvalue weighted by Gasteiger charge is 2.20. The van der Waals surface area contributed by atoms with E-state index in [9.17, 15) is 4.79 Å². The smallest absolute Gasteiger partial charge is 0.247 e. The Hall–Kier alpha value is -3.20. The molecule has 0 bridgehead atoms. The van der Waals surface area contributed by atoms with Crippen LogP contribution in [0.5, 0.6) is 0 Å². The van der Waals surface area contributed by atoms with Crippen LogP contribution in [0.25, 0.3) is 22.3 Å². The van der Waals surface area contributed by atoms with Gasteiger partial charge in [0.15, 0.2) is 0 Å². The first-order valence-electron chi connectivity index (χ1n) is 14.0. The average molecular weight is 498 g/mol. The highest BCUT2D eigenvalue weighted by molar-refractivity contribution is 5.99. The number of nitrogens with one attached hydrogen (secondary N) is 1. The molecule has 0 radical (unpaired) electrons. The Morgan fingerprint density at radius 3 is 2.11 bits per heavy atom. The fraction of sp³-hybridized carbons (Fsp3) is 0.382. The van der Waals surface area contributed by atoms with Crippen molar-refractivity contribution in [1.82, 2.24) is 0 Å². The summed E-state index contributed by atoms with van der Waals surface area (Å²) in [5, 5.41) is 2.71. The number of aryl methyl sites for hydroxylation is 1. The van der Waals surface area contributed by atoms with Crippen molar-refractivity contribution in [3.63, 3.8) is 0 Å². The van der Waals surface area contributed by atoms with Crippen molar-refractivity contribution in [1.29, 1.82) is 0 Å². The first kappa shape index (κ1) is 26.9. The molecule has 3 aromatic carbocycles. The fourth-order valence-corrected chi connectivity index (χ4v) is 5.58. The maximum absolute atomic E-state index is 15.0. The van der Waals surface area contributed by atoms with Crippen molar-refractivity contribution in [3.8, 4) is 22.3 Å². The molecule has 1 aliphatic carbocycles. The van der Waals surface area contributed by atoms with E-state index in [1.807, 2.05) is 24.3 Å². The minimum absolute atomic E-state index is 0.255. The van der Waals surface area contributed by atoms with Crippen molar-refractivity contribution >= 4 is 11.6 Å². The molecule has 194 valence electrons. The molecule has 3 heteroatoms. The lowest BCUT2D eigenvalue weighted by Gasteiger charge is -2.28. The number of carbonyl (C=O) groups excluding carboxylic acids is 1. The number of amides is 1. The highest BCUT2D eigenvalue weighted by Crippen LogP contribution is 2.34. The molecule has 4 rings (SSSR count). The quantitative estimate of drug-likeness (QED) is 0.207. The third-order valence-electron chi connectivity index (χ3n) is 7.93. The summed E-state index contributed by atoms with van der Waals surface area (Å²) in [6, 6.07) is 21.2. The first-order chi connectivity index (χ1) is 18.1. The van der Waals surface area contributed by atoms with Gasteiger partial charge >= 0.3 is 0 Å². The molecule has 0 saturated heterocycles. The predicted octanol–water partition coefficient (Wildman–Crippen LogP) is 9.60. The minimum Gasteiger partial charge on any atom is -0.323 e. The first-order valence-corrected chi connectivity index (χ1v) is 14.0. The molecule has 2 nitrogen and oxygen atoms in total. The number of halogens is 1.